The van der Waals surface area contributed by atoms with Crippen LogP contribution in [-0.2, 0) is 0 Å². The second kappa shape index (κ2) is 4.78. The normalized spacial score (nSPS) is 36.4. The average molecular weight is 313 g/mol. The van der Waals surface area contributed by atoms with Crippen LogP contribution in [0.5, 0.6) is 0 Å². The molecule has 0 amide bonds. The van der Waals surface area contributed by atoms with E-state index in [2.05, 4.69) is 13.5 Å². The lowest BCUT2D eigenvalue weighted by Gasteiger charge is -2.28. The van der Waals surface area contributed by atoms with Gasteiger partial charge in [0.1, 0.15) is 0 Å². The van der Waals surface area contributed by atoms with E-state index in [-0.39, 0.29) is 6.54 Å². The Hall–Kier alpha value is 0.330. The van der Waals surface area contributed by atoms with Gasteiger partial charge in [0.05, 0.1) is 0 Å². The fourth-order valence-electron chi connectivity index (χ4n) is 0.949. The highest BCUT2D eigenvalue weighted by molar-refractivity contribution is 7.79. The minimum absolute atomic E-state index is 0.116. The van der Waals surface area contributed by atoms with Gasteiger partial charge in [-0.1, -0.05) is 6.92 Å². The van der Waals surface area contributed by atoms with E-state index >= 15 is 0 Å². The Morgan fingerprint density at radius 2 is 1.41 bits per heavy atom. The van der Waals surface area contributed by atoms with Crippen LogP contribution in [0.2, 0.25) is 0 Å². The van der Waals surface area contributed by atoms with Crippen LogP contribution in [-0.4, -0.2) is 37.0 Å². The molecule has 0 spiro atoms. The molecule has 0 N–H and O–H groups in total. The number of hydrogen-bond acceptors (Lipinski definition) is 5. The molecule has 5 nitrogen and oxygen atoms in total. The van der Waals surface area contributed by atoms with Crippen LogP contribution in [0.15, 0.2) is 13.5 Å². The van der Waals surface area contributed by atoms with E-state index in [1.807, 2.05) is 0 Å². The van der Waals surface area contributed by atoms with Gasteiger partial charge in [-0.15, -0.1) is 17.4 Å². The Balaban J connectivity index is 3.52. The van der Waals surface area contributed by atoms with Gasteiger partial charge in [0.2, 0.25) is 0 Å². The van der Waals surface area contributed by atoms with Gasteiger partial charge in [-0.3, -0.25) is 0 Å². The van der Waals surface area contributed by atoms with Crippen molar-refractivity contribution < 1.29 is 16.8 Å². The van der Waals surface area contributed by atoms with Gasteiger partial charge in [-0.05, 0) is 21.1 Å². The average Bonchev–Trinajstić information content (AvgIpc) is 2.12. The van der Waals surface area contributed by atoms with Crippen LogP contribution in [0.3, 0.4) is 0 Å². The summed E-state index contributed by atoms with van der Waals surface area (Å²) in [6.45, 7) is 1.67. The molecule has 0 fully saturated rings. The number of halogens is 4. The molecule has 1 aliphatic rings. The van der Waals surface area contributed by atoms with Crippen molar-refractivity contribution in [2.45, 2.75) is 6.92 Å². The number of nitrogens with zero attached hydrogens (tertiary/aromatic N) is 5. The molecule has 1 rings (SSSR count). The molecule has 2 unspecified atom stereocenters. The quantitative estimate of drug-likeness (QED) is 0.529. The number of hydrogen-bond donors (Lipinski definition) is 0. The summed E-state index contributed by atoms with van der Waals surface area (Å²) in [4.78, 5) is 0. The van der Waals surface area contributed by atoms with Gasteiger partial charge >= 0.3 is 23.2 Å². The minimum Gasteiger partial charge on any atom is -0.232 e. The largest absolute Gasteiger partial charge is 0.423 e. The van der Waals surface area contributed by atoms with Crippen LogP contribution in [0.4, 0.5) is 16.8 Å². The van der Waals surface area contributed by atoms with E-state index in [9.17, 15) is 16.8 Å². The lowest BCUT2D eigenvalue weighted by atomic mass is 10.8. The highest BCUT2D eigenvalue weighted by atomic mass is 31.3. The molecule has 0 bridgehead atoms. The molecular formula is C5H14F4N5P3. The summed E-state index contributed by atoms with van der Waals surface area (Å²) >= 11 is 0. The summed E-state index contributed by atoms with van der Waals surface area (Å²) in [5.74, 6) is 0. The minimum atomic E-state index is -5.28. The van der Waals surface area contributed by atoms with Crippen LogP contribution < -0.4 is 0 Å². The zero-order valence-electron chi connectivity index (χ0n) is 9.80. The van der Waals surface area contributed by atoms with Crippen LogP contribution in [0.1, 0.15) is 6.92 Å². The third kappa shape index (κ3) is 3.21. The molecule has 2 atom stereocenters. The van der Waals surface area contributed by atoms with E-state index in [1.54, 1.807) is 6.92 Å². The first-order chi connectivity index (χ1) is 7.55. The van der Waals surface area contributed by atoms with Gasteiger partial charge in [-0.25, -0.2) is 9.34 Å². The maximum Gasteiger partial charge on any atom is 0.423 e. The monoisotopic (exact) mass is 313 g/mol. The molecule has 0 aromatic heterocycles. The highest BCUT2D eigenvalue weighted by Crippen LogP contribution is 2.81. The maximum atomic E-state index is 14.3. The Morgan fingerprint density at radius 3 is 1.82 bits per heavy atom. The zero-order valence-corrected chi connectivity index (χ0v) is 12.5. The molecule has 1 heterocycles. The molecule has 0 saturated carbocycles. The summed E-state index contributed by atoms with van der Waals surface area (Å²) in [5, 5.41) is 0. The maximum absolute atomic E-state index is 14.3. The first-order valence-corrected chi connectivity index (χ1v) is 9.19. The SMILES string of the molecule is CCN(C)P1(F)=NP(F)(F)=NP(F)(N(C)C)=N1. The van der Waals surface area contributed by atoms with E-state index in [0.717, 1.165) is 9.34 Å². The fraction of sp³-hybridized carbons (Fsp3) is 1.00. The van der Waals surface area contributed by atoms with Crippen molar-refractivity contribution >= 4 is 23.2 Å². The molecule has 0 aromatic rings. The van der Waals surface area contributed by atoms with Crippen molar-refractivity contribution in [1.82, 2.24) is 9.34 Å². The molecule has 102 valence electrons. The van der Waals surface area contributed by atoms with Crippen molar-refractivity contribution in [2.24, 2.45) is 13.5 Å². The second-order valence-corrected chi connectivity index (χ2v) is 10.1. The van der Waals surface area contributed by atoms with Crippen molar-refractivity contribution in [3.63, 3.8) is 0 Å². The van der Waals surface area contributed by atoms with Crippen molar-refractivity contribution in [2.75, 3.05) is 27.7 Å². The predicted octanol–water partition coefficient (Wildman–Crippen LogP) is 5.23. The summed E-state index contributed by atoms with van der Waals surface area (Å²) in [6.07, 6.45) is 0. The third-order valence-corrected chi connectivity index (χ3v) is 9.60. The lowest BCUT2D eigenvalue weighted by Crippen LogP contribution is -2.12. The fourth-order valence-corrected chi connectivity index (χ4v) is 8.43. The molecule has 1 aliphatic heterocycles. The summed E-state index contributed by atoms with van der Waals surface area (Å²) in [6, 6.07) is 0. The van der Waals surface area contributed by atoms with E-state index in [1.165, 1.54) is 21.1 Å². The molecule has 0 aliphatic carbocycles. The standard InChI is InChI=1S/C5H14F4N5P3/c1-5-14(4)17(9)11-15(6,7)10-16(8,12-17)13(2)3/h5H2,1-4H3. The van der Waals surface area contributed by atoms with Gasteiger partial charge in [0.25, 0.3) is 0 Å². The van der Waals surface area contributed by atoms with Crippen molar-refractivity contribution in [3.05, 3.63) is 0 Å². The predicted molar refractivity (Wildman–Crippen MR) is 64.5 cm³/mol. The molecule has 17 heavy (non-hydrogen) atoms. The first kappa shape index (κ1) is 15.4. The smallest absolute Gasteiger partial charge is 0.232 e. The van der Waals surface area contributed by atoms with E-state index in [4.69, 9.17) is 0 Å². The second-order valence-electron chi connectivity index (χ2n) is 3.54. The Morgan fingerprint density at radius 1 is 0.882 bits per heavy atom. The molecular weight excluding hydrogens is 299 g/mol. The van der Waals surface area contributed by atoms with Crippen LogP contribution >= 0.6 is 23.2 Å². The van der Waals surface area contributed by atoms with Gasteiger partial charge in [0.15, 0.2) is 0 Å². The highest BCUT2D eigenvalue weighted by Gasteiger charge is 2.41. The Labute approximate surface area is 98.1 Å². The molecule has 12 heteroatoms. The van der Waals surface area contributed by atoms with Gasteiger partial charge in [0, 0.05) is 6.54 Å². The molecule has 0 aromatic carbocycles. The summed E-state index contributed by atoms with van der Waals surface area (Å²) < 4.78 is 65.5. The first-order valence-electron chi connectivity index (χ1n) is 4.64. The summed E-state index contributed by atoms with van der Waals surface area (Å²) in [5.41, 5.74) is 0. The Bertz CT molecular complexity index is 468. The number of rotatable bonds is 3. The van der Waals surface area contributed by atoms with Crippen molar-refractivity contribution in [1.29, 1.82) is 0 Å². The zero-order chi connectivity index (χ0) is 13.5. The van der Waals surface area contributed by atoms with Gasteiger partial charge < -0.3 is 0 Å². The third-order valence-electron chi connectivity index (χ3n) is 2.07. The summed E-state index contributed by atoms with van der Waals surface area (Å²) in [7, 11) is -10.3. The molecule has 0 saturated heterocycles. The van der Waals surface area contributed by atoms with Gasteiger partial charge in [-0.2, -0.15) is 12.9 Å². The molecule has 0 radical (unpaired) electrons. The van der Waals surface area contributed by atoms with Crippen molar-refractivity contribution in [3.8, 4) is 0 Å². The van der Waals surface area contributed by atoms with E-state index < -0.39 is 23.2 Å². The Kier molecular flexibility index (Phi) is 4.33. The lowest BCUT2D eigenvalue weighted by molar-refractivity contribution is 0.533. The van der Waals surface area contributed by atoms with E-state index in [0.29, 0.717) is 0 Å². The van der Waals surface area contributed by atoms with Crippen LogP contribution in [0.25, 0.3) is 0 Å². The van der Waals surface area contributed by atoms with Crippen LogP contribution in [0, 0.1) is 0 Å². The topological polar surface area (TPSA) is 43.6 Å².